The summed E-state index contributed by atoms with van der Waals surface area (Å²) < 4.78 is 0. The second-order valence-electron chi connectivity index (χ2n) is 7.88. The molecule has 0 radical (unpaired) electrons. The van der Waals surface area contributed by atoms with E-state index in [1.54, 1.807) is 4.90 Å². The Morgan fingerprint density at radius 1 is 0.808 bits per heavy atom. The van der Waals surface area contributed by atoms with Crippen LogP contribution in [0.5, 0.6) is 0 Å². The van der Waals surface area contributed by atoms with Crippen molar-refractivity contribution in [2.24, 2.45) is 11.7 Å². The standard InChI is InChI=1S/C23H46N2O/c1-4-5-6-7-8-9-10-11-12-13-14-15-16-17-19-22(20-18-21-24)23(26)25(2)3/h11-12,22H,4-10,13-21,24H2,1-3H3. The molecule has 0 spiro atoms. The second kappa shape index (κ2) is 18.9. The molecular weight excluding hydrogens is 320 g/mol. The van der Waals surface area contributed by atoms with E-state index in [1.807, 2.05) is 14.1 Å². The lowest BCUT2D eigenvalue weighted by Gasteiger charge is -2.20. The molecule has 0 aliphatic carbocycles. The topological polar surface area (TPSA) is 46.3 Å². The summed E-state index contributed by atoms with van der Waals surface area (Å²) in [6.07, 6.45) is 23.4. The van der Waals surface area contributed by atoms with Crippen LogP contribution in [-0.2, 0) is 4.79 Å². The first-order chi connectivity index (χ1) is 12.6. The quantitative estimate of drug-likeness (QED) is 0.236. The Balaban J connectivity index is 3.57. The largest absolute Gasteiger partial charge is 0.349 e. The van der Waals surface area contributed by atoms with Crippen LogP contribution in [0.15, 0.2) is 12.2 Å². The first-order valence-electron chi connectivity index (χ1n) is 11.2. The van der Waals surface area contributed by atoms with Crippen LogP contribution < -0.4 is 5.73 Å². The third-order valence-corrected chi connectivity index (χ3v) is 5.11. The molecule has 0 aliphatic rings. The Morgan fingerprint density at radius 2 is 1.31 bits per heavy atom. The van der Waals surface area contributed by atoms with Gasteiger partial charge in [0, 0.05) is 20.0 Å². The number of rotatable bonds is 18. The van der Waals surface area contributed by atoms with Gasteiger partial charge in [-0.25, -0.2) is 0 Å². The van der Waals surface area contributed by atoms with Gasteiger partial charge in [-0.3, -0.25) is 4.79 Å². The zero-order chi connectivity index (χ0) is 19.5. The lowest BCUT2D eigenvalue weighted by Crippen LogP contribution is -2.30. The van der Waals surface area contributed by atoms with Gasteiger partial charge in [0.15, 0.2) is 0 Å². The van der Waals surface area contributed by atoms with Crippen molar-refractivity contribution in [1.29, 1.82) is 0 Å². The number of unbranched alkanes of at least 4 members (excludes halogenated alkanes) is 10. The summed E-state index contributed by atoms with van der Waals surface area (Å²) in [4.78, 5) is 13.9. The maximum Gasteiger partial charge on any atom is 0.225 e. The molecule has 0 rings (SSSR count). The van der Waals surface area contributed by atoms with Gasteiger partial charge in [0.1, 0.15) is 0 Å². The Morgan fingerprint density at radius 3 is 1.85 bits per heavy atom. The minimum Gasteiger partial charge on any atom is -0.349 e. The fraction of sp³-hybridized carbons (Fsp3) is 0.870. The molecule has 0 fully saturated rings. The van der Waals surface area contributed by atoms with Gasteiger partial charge in [-0.1, -0.05) is 70.4 Å². The molecule has 26 heavy (non-hydrogen) atoms. The van der Waals surface area contributed by atoms with E-state index >= 15 is 0 Å². The molecule has 3 nitrogen and oxygen atoms in total. The third kappa shape index (κ3) is 15.4. The van der Waals surface area contributed by atoms with E-state index in [0.717, 1.165) is 25.7 Å². The number of hydrogen-bond donors (Lipinski definition) is 1. The number of nitrogens with two attached hydrogens (primary N) is 1. The van der Waals surface area contributed by atoms with Gasteiger partial charge in [0.2, 0.25) is 5.91 Å². The van der Waals surface area contributed by atoms with Crippen LogP contribution in [0.2, 0.25) is 0 Å². The number of carbonyl (C=O) groups excluding carboxylic acids is 1. The van der Waals surface area contributed by atoms with Gasteiger partial charge >= 0.3 is 0 Å². The highest BCUT2D eigenvalue weighted by Crippen LogP contribution is 2.18. The number of nitrogens with zero attached hydrogens (tertiary/aromatic N) is 1. The molecule has 1 amide bonds. The lowest BCUT2D eigenvalue weighted by atomic mass is 9.94. The molecule has 0 aromatic carbocycles. The molecule has 1 unspecified atom stereocenters. The molecule has 0 bridgehead atoms. The van der Waals surface area contributed by atoms with Crippen LogP contribution in [-0.4, -0.2) is 31.4 Å². The number of allylic oxidation sites excluding steroid dienone is 2. The van der Waals surface area contributed by atoms with Crippen LogP contribution in [0.25, 0.3) is 0 Å². The predicted octanol–water partition coefficient (Wildman–Crippen LogP) is 6.08. The maximum absolute atomic E-state index is 12.2. The van der Waals surface area contributed by atoms with Crippen molar-refractivity contribution < 1.29 is 4.79 Å². The average Bonchev–Trinajstić information content (AvgIpc) is 2.63. The van der Waals surface area contributed by atoms with Crippen LogP contribution >= 0.6 is 0 Å². The smallest absolute Gasteiger partial charge is 0.225 e. The summed E-state index contributed by atoms with van der Waals surface area (Å²) in [7, 11) is 3.71. The minimum absolute atomic E-state index is 0.172. The first-order valence-corrected chi connectivity index (χ1v) is 11.2. The first kappa shape index (κ1) is 25.2. The predicted molar refractivity (Wildman–Crippen MR) is 115 cm³/mol. The molecule has 0 aromatic rings. The van der Waals surface area contributed by atoms with Crippen LogP contribution in [0.3, 0.4) is 0 Å². The highest BCUT2D eigenvalue weighted by atomic mass is 16.2. The van der Waals surface area contributed by atoms with Crippen molar-refractivity contribution >= 4 is 5.91 Å². The van der Waals surface area contributed by atoms with Gasteiger partial charge in [-0.05, 0) is 51.5 Å². The zero-order valence-electron chi connectivity index (χ0n) is 18.0. The van der Waals surface area contributed by atoms with Crippen molar-refractivity contribution in [1.82, 2.24) is 4.90 Å². The summed E-state index contributed by atoms with van der Waals surface area (Å²) in [5.74, 6) is 0.446. The van der Waals surface area contributed by atoms with Crippen molar-refractivity contribution in [3.8, 4) is 0 Å². The van der Waals surface area contributed by atoms with E-state index < -0.39 is 0 Å². The van der Waals surface area contributed by atoms with E-state index in [2.05, 4.69) is 19.1 Å². The Hall–Kier alpha value is -0.830. The third-order valence-electron chi connectivity index (χ3n) is 5.11. The van der Waals surface area contributed by atoms with Gasteiger partial charge in [-0.2, -0.15) is 0 Å². The molecule has 0 saturated carbocycles. The SMILES string of the molecule is CCCCCCCCC=CCCCCCCC(CCCN)C(=O)N(C)C. The number of amides is 1. The number of hydrogen-bond acceptors (Lipinski definition) is 2. The molecule has 3 heteroatoms. The van der Waals surface area contributed by atoms with Gasteiger partial charge in [0.25, 0.3) is 0 Å². The van der Waals surface area contributed by atoms with Crippen LogP contribution in [0.4, 0.5) is 0 Å². The highest BCUT2D eigenvalue weighted by Gasteiger charge is 2.18. The Labute approximate surface area is 163 Å². The van der Waals surface area contributed by atoms with Crippen LogP contribution in [0, 0.1) is 5.92 Å². The second-order valence-corrected chi connectivity index (χ2v) is 7.88. The number of carbonyl (C=O) groups is 1. The van der Waals surface area contributed by atoms with E-state index in [1.165, 1.54) is 70.6 Å². The Bertz CT molecular complexity index is 339. The molecule has 0 aliphatic heterocycles. The minimum atomic E-state index is 0.172. The fourth-order valence-corrected chi connectivity index (χ4v) is 3.41. The normalized spacial score (nSPS) is 12.6. The highest BCUT2D eigenvalue weighted by molar-refractivity contribution is 5.78. The van der Waals surface area contributed by atoms with E-state index in [-0.39, 0.29) is 11.8 Å². The summed E-state index contributed by atoms with van der Waals surface area (Å²) in [5.41, 5.74) is 5.60. The fourth-order valence-electron chi connectivity index (χ4n) is 3.41. The van der Waals surface area contributed by atoms with Gasteiger partial charge in [0.05, 0.1) is 0 Å². The molecule has 154 valence electrons. The zero-order valence-corrected chi connectivity index (χ0v) is 18.0. The lowest BCUT2D eigenvalue weighted by molar-refractivity contribution is -0.133. The van der Waals surface area contributed by atoms with Crippen molar-refractivity contribution in [2.45, 2.75) is 103 Å². The molecule has 2 N–H and O–H groups in total. The molecule has 0 heterocycles. The van der Waals surface area contributed by atoms with E-state index in [4.69, 9.17) is 5.73 Å². The van der Waals surface area contributed by atoms with E-state index in [9.17, 15) is 4.79 Å². The van der Waals surface area contributed by atoms with Crippen molar-refractivity contribution in [2.75, 3.05) is 20.6 Å². The molecule has 0 saturated heterocycles. The summed E-state index contributed by atoms with van der Waals surface area (Å²) >= 11 is 0. The maximum atomic E-state index is 12.2. The monoisotopic (exact) mass is 366 g/mol. The molecular formula is C23H46N2O. The molecule has 1 atom stereocenters. The summed E-state index contributed by atoms with van der Waals surface area (Å²) in [6, 6.07) is 0. The molecule has 0 aromatic heterocycles. The van der Waals surface area contributed by atoms with Gasteiger partial charge in [-0.15, -0.1) is 0 Å². The van der Waals surface area contributed by atoms with Gasteiger partial charge < -0.3 is 10.6 Å². The summed E-state index contributed by atoms with van der Waals surface area (Å²) in [5, 5.41) is 0. The van der Waals surface area contributed by atoms with Crippen molar-refractivity contribution in [3.05, 3.63) is 12.2 Å². The Kier molecular flexibility index (Phi) is 18.3. The summed E-state index contributed by atoms with van der Waals surface area (Å²) in [6.45, 7) is 2.95. The van der Waals surface area contributed by atoms with E-state index in [0.29, 0.717) is 6.54 Å². The van der Waals surface area contributed by atoms with Crippen molar-refractivity contribution in [3.63, 3.8) is 0 Å². The van der Waals surface area contributed by atoms with Crippen LogP contribution in [0.1, 0.15) is 103 Å². The average molecular weight is 367 g/mol.